The number of carbonyl (C=O) groups excluding carboxylic acids is 1. The quantitative estimate of drug-likeness (QED) is 0.826. The molecule has 1 aromatic carbocycles. The molecule has 1 amide bonds. The summed E-state index contributed by atoms with van der Waals surface area (Å²) in [6.45, 7) is 3.37. The Morgan fingerprint density at radius 1 is 1.00 bits per heavy atom. The van der Waals surface area contributed by atoms with E-state index in [0.717, 1.165) is 12.8 Å². The van der Waals surface area contributed by atoms with Gasteiger partial charge in [0.05, 0.1) is 17.3 Å². The molecule has 9 heteroatoms. The van der Waals surface area contributed by atoms with Gasteiger partial charge in [0.15, 0.2) is 0 Å². The van der Waals surface area contributed by atoms with Crippen LogP contribution < -0.4 is 5.32 Å². The fourth-order valence-electron chi connectivity index (χ4n) is 3.16. The van der Waals surface area contributed by atoms with Crippen molar-refractivity contribution < 1.29 is 13.2 Å². The van der Waals surface area contributed by atoms with E-state index in [1.165, 1.54) is 4.31 Å². The monoisotopic (exact) mass is 386 g/mol. The van der Waals surface area contributed by atoms with Gasteiger partial charge in [-0.15, -0.1) is 0 Å². The van der Waals surface area contributed by atoms with Gasteiger partial charge in [0.2, 0.25) is 5.91 Å². The Kier molecular flexibility index (Phi) is 5.96. The highest BCUT2D eigenvalue weighted by Gasteiger charge is 2.33. The molecule has 3 rings (SSSR count). The van der Waals surface area contributed by atoms with Crippen LogP contribution >= 0.6 is 11.6 Å². The van der Waals surface area contributed by atoms with Gasteiger partial charge in [0, 0.05) is 39.3 Å². The van der Waals surface area contributed by atoms with E-state index in [0.29, 0.717) is 50.0 Å². The molecule has 0 saturated carbocycles. The minimum atomic E-state index is -3.35. The molecule has 138 valence electrons. The van der Waals surface area contributed by atoms with Crippen molar-refractivity contribution in [3.8, 4) is 0 Å². The largest absolute Gasteiger partial charge is 0.324 e. The van der Waals surface area contributed by atoms with Gasteiger partial charge < -0.3 is 5.32 Å². The second-order valence-electron chi connectivity index (χ2n) is 6.32. The zero-order chi connectivity index (χ0) is 17.9. The van der Waals surface area contributed by atoms with Gasteiger partial charge in [-0.05, 0) is 25.0 Å². The number of para-hydroxylation sites is 1. The van der Waals surface area contributed by atoms with Crippen LogP contribution in [0, 0.1) is 0 Å². The zero-order valence-corrected chi connectivity index (χ0v) is 15.6. The maximum atomic E-state index is 12.5. The van der Waals surface area contributed by atoms with Crippen LogP contribution in [-0.4, -0.2) is 73.6 Å². The number of halogens is 1. The van der Waals surface area contributed by atoms with E-state index in [2.05, 4.69) is 5.32 Å². The predicted octanol–water partition coefficient (Wildman–Crippen LogP) is 1.24. The molecule has 0 spiro atoms. The summed E-state index contributed by atoms with van der Waals surface area (Å²) in [5.74, 6) is -0.149. The van der Waals surface area contributed by atoms with Gasteiger partial charge in [0.1, 0.15) is 0 Å². The van der Waals surface area contributed by atoms with Gasteiger partial charge in [0.25, 0.3) is 10.2 Å². The van der Waals surface area contributed by atoms with Crippen molar-refractivity contribution in [2.24, 2.45) is 0 Å². The Labute approximate surface area is 153 Å². The van der Waals surface area contributed by atoms with Crippen LogP contribution in [-0.2, 0) is 15.0 Å². The van der Waals surface area contributed by atoms with Gasteiger partial charge in [-0.2, -0.15) is 17.0 Å². The minimum absolute atomic E-state index is 0.149. The lowest BCUT2D eigenvalue weighted by Gasteiger charge is -2.35. The van der Waals surface area contributed by atoms with Gasteiger partial charge in [-0.1, -0.05) is 23.7 Å². The average molecular weight is 387 g/mol. The minimum Gasteiger partial charge on any atom is -0.324 e. The van der Waals surface area contributed by atoms with E-state index in [1.807, 2.05) is 11.0 Å². The van der Waals surface area contributed by atoms with Crippen LogP contribution in [0.4, 0.5) is 5.69 Å². The first kappa shape index (κ1) is 18.6. The van der Waals surface area contributed by atoms with E-state index in [9.17, 15) is 13.2 Å². The predicted molar refractivity (Wildman–Crippen MR) is 97.8 cm³/mol. The Morgan fingerprint density at radius 3 is 2.24 bits per heavy atom. The summed E-state index contributed by atoms with van der Waals surface area (Å²) in [5.41, 5.74) is 0.587. The molecule has 0 aliphatic carbocycles. The highest BCUT2D eigenvalue weighted by atomic mass is 35.5. The Balaban J connectivity index is 1.49. The lowest BCUT2D eigenvalue weighted by molar-refractivity contribution is -0.117. The van der Waals surface area contributed by atoms with Crippen molar-refractivity contribution in [1.29, 1.82) is 0 Å². The normalized spacial score (nSPS) is 20.7. The molecule has 2 saturated heterocycles. The van der Waals surface area contributed by atoms with Gasteiger partial charge in [-0.3, -0.25) is 9.69 Å². The summed E-state index contributed by atoms with van der Waals surface area (Å²) < 4.78 is 28.2. The zero-order valence-electron chi connectivity index (χ0n) is 14.0. The number of rotatable bonds is 5. The standard InChI is InChI=1S/C16H23ClN4O3S/c17-14-5-1-2-6-15(14)18-16(22)13-19-9-11-21(12-10-19)25(23,24)20-7-3-4-8-20/h1-2,5-6H,3-4,7-13H2,(H,18,22). The third-order valence-electron chi connectivity index (χ3n) is 4.56. The van der Waals surface area contributed by atoms with Crippen LogP contribution in [0.25, 0.3) is 0 Å². The summed E-state index contributed by atoms with van der Waals surface area (Å²) >= 11 is 6.04. The fourth-order valence-corrected chi connectivity index (χ4v) is 5.01. The summed E-state index contributed by atoms with van der Waals surface area (Å²) in [6.07, 6.45) is 1.86. The van der Waals surface area contributed by atoms with E-state index < -0.39 is 10.2 Å². The lowest BCUT2D eigenvalue weighted by Crippen LogP contribution is -2.53. The van der Waals surface area contributed by atoms with E-state index in [-0.39, 0.29) is 12.5 Å². The van der Waals surface area contributed by atoms with Crippen molar-refractivity contribution in [2.45, 2.75) is 12.8 Å². The van der Waals surface area contributed by atoms with E-state index in [4.69, 9.17) is 11.6 Å². The Morgan fingerprint density at radius 2 is 1.60 bits per heavy atom. The topological polar surface area (TPSA) is 73.0 Å². The fraction of sp³-hybridized carbons (Fsp3) is 0.562. The molecule has 7 nitrogen and oxygen atoms in total. The molecule has 2 fully saturated rings. The molecule has 0 radical (unpaired) electrons. The maximum absolute atomic E-state index is 12.5. The number of nitrogens with zero attached hydrogens (tertiary/aromatic N) is 3. The van der Waals surface area contributed by atoms with Crippen LogP contribution in [0.2, 0.25) is 5.02 Å². The van der Waals surface area contributed by atoms with Crippen molar-refractivity contribution in [1.82, 2.24) is 13.5 Å². The number of nitrogens with one attached hydrogen (secondary N) is 1. The molecule has 25 heavy (non-hydrogen) atoms. The average Bonchev–Trinajstić information content (AvgIpc) is 3.13. The summed E-state index contributed by atoms with van der Waals surface area (Å²) in [5, 5.41) is 3.29. The number of hydrogen-bond acceptors (Lipinski definition) is 4. The second-order valence-corrected chi connectivity index (χ2v) is 8.65. The first-order chi connectivity index (χ1) is 12.0. The highest BCUT2D eigenvalue weighted by Crippen LogP contribution is 2.21. The lowest BCUT2D eigenvalue weighted by atomic mass is 10.3. The molecule has 1 aromatic rings. The first-order valence-corrected chi connectivity index (χ1v) is 10.3. The van der Waals surface area contributed by atoms with Crippen LogP contribution in [0.5, 0.6) is 0 Å². The Bertz CT molecular complexity index is 714. The number of anilines is 1. The van der Waals surface area contributed by atoms with E-state index >= 15 is 0 Å². The number of hydrogen-bond donors (Lipinski definition) is 1. The van der Waals surface area contributed by atoms with Gasteiger partial charge in [-0.25, -0.2) is 0 Å². The Hall–Kier alpha value is -1.19. The summed E-state index contributed by atoms with van der Waals surface area (Å²) in [6, 6.07) is 7.08. The smallest absolute Gasteiger partial charge is 0.282 e. The highest BCUT2D eigenvalue weighted by molar-refractivity contribution is 7.86. The number of carbonyl (C=O) groups is 1. The molecule has 2 heterocycles. The third-order valence-corrected chi connectivity index (χ3v) is 6.93. The van der Waals surface area contributed by atoms with Crippen molar-refractivity contribution in [3.05, 3.63) is 29.3 Å². The molecule has 2 aliphatic rings. The number of benzene rings is 1. The summed E-state index contributed by atoms with van der Waals surface area (Å²) in [4.78, 5) is 14.1. The van der Waals surface area contributed by atoms with E-state index in [1.54, 1.807) is 22.5 Å². The summed E-state index contributed by atoms with van der Waals surface area (Å²) in [7, 11) is -3.35. The second kappa shape index (κ2) is 8.01. The van der Waals surface area contributed by atoms with Crippen molar-refractivity contribution in [2.75, 3.05) is 51.1 Å². The van der Waals surface area contributed by atoms with Crippen molar-refractivity contribution in [3.63, 3.8) is 0 Å². The first-order valence-electron chi connectivity index (χ1n) is 8.49. The molecule has 0 aromatic heterocycles. The van der Waals surface area contributed by atoms with Crippen LogP contribution in [0.3, 0.4) is 0 Å². The van der Waals surface area contributed by atoms with Crippen LogP contribution in [0.15, 0.2) is 24.3 Å². The molecule has 0 atom stereocenters. The van der Waals surface area contributed by atoms with Gasteiger partial charge >= 0.3 is 0 Å². The SMILES string of the molecule is O=C(CN1CCN(S(=O)(=O)N2CCCC2)CC1)Nc1ccccc1Cl. The molecular formula is C16H23ClN4O3S. The van der Waals surface area contributed by atoms with Crippen LogP contribution in [0.1, 0.15) is 12.8 Å². The number of piperazine rings is 1. The third kappa shape index (κ3) is 4.51. The van der Waals surface area contributed by atoms with Crippen molar-refractivity contribution >= 4 is 33.4 Å². The maximum Gasteiger partial charge on any atom is 0.282 e. The molecule has 2 aliphatic heterocycles. The molecule has 0 unspecified atom stereocenters. The number of amides is 1. The molecular weight excluding hydrogens is 364 g/mol. The molecule has 0 bridgehead atoms. The molecule has 1 N–H and O–H groups in total.